The van der Waals surface area contributed by atoms with Gasteiger partial charge in [0.2, 0.25) is 0 Å². The van der Waals surface area contributed by atoms with Gasteiger partial charge in [0.05, 0.1) is 5.69 Å². The number of rotatable bonds is 2. The van der Waals surface area contributed by atoms with Gasteiger partial charge in [-0.1, -0.05) is 48.0 Å². The first-order valence-electron chi connectivity index (χ1n) is 6.26. The Labute approximate surface area is 140 Å². The molecule has 3 rings (SSSR count). The Balaban J connectivity index is 1.97. The van der Waals surface area contributed by atoms with Gasteiger partial charge in [-0.15, -0.1) is 0 Å². The molecule has 3 aromatic rings. The van der Waals surface area contributed by atoms with Gasteiger partial charge in [-0.3, -0.25) is 4.79 Å². The summed E-state index contributed by atoms with van der Waals surface area (Å²) in [5.74, 6) is -0.272. The number of pyridine rings is 1. The van der Waals surface area contributed by atoms with Crippen LogP contribution < -0.4 is 5.32 Å². The Kier molecular flexibility index (Phi) is 4.07. The second kappa shape index (κ2) is 5.99. The van der Waals surface area contributed by atoms with Crippen molar-refractivity contribution in [2.45, 2.75) is 0 Å². The number of hydrogen-bond acceptors (Lipinski definition) is 2. The van der Waals surface area contributed by atoms with E-state index in [0.717, 1.165) is 20.0 Å². The van der Waals surface area contributed by atoms with Crippen molar-refractivity contribution < 1.29 is 4.79 Å². The zero-order valence-electron chi connectivity index (χ0n) is 10.8. The minimum absolute atomic E-state index is 0.272. The second-order valence-electron chi connectivity index (χ2n) is 4.45. The number of fused-ring (bicyclic) bond motifs is 1. The maximum Gasteiger partial charge on any atom is 0.274 e. The molecule has 1 amide bonds. The average Bonchev–Trinajstić information content (AvgIpc) is 2.49. The number of carbonyl (C=O) groups excluding carboxylic acids is 1. The summed E-state index contributed by atoms with van der Waals surface area (Å²) in [5, 5.41) is 4.92. The summed E-state index contributed by atoms with van der Waals surface area (Å²) in [7, 11) is 0. The lowest BCUT2D eigenvalue weighted by molar-refractivity contribution is 0.102. The highest BCUT2D eigenvalue weighted by Gasteiger charge is 2.12. The Hall–Kier alpha value is -1.66. The van der Waals surface area contributed by atoms with E-state index in [0.29, 0.717) is 10.8 Å². The maximum atomic E-state index is 12.3. The number of nitrogens with zero attached hydrogens (tertiary/aromatic N) is 1. The molecule has 1 heterocycles. The molecule has 0 aliphatic carbocycles. The van der Waals surface area contributed by atoms with E-state index in [-0.39, 0.29) is 5.91 Å². The zero-order valence-corrected chi connectivity index (χ0v) is 13.7. The van der Waals surface area contributed by atoms with Crippen LogP contribution in [0.15, 0.2) is 54.6 Å². The molecule has 5 heteroatoms. The Morgan fingerprint density at radius 1 is 1.10 bits per heavy atom. The Bertz CT molecular complexity index is 835. The SMILES string of the molecule is O=C(Nc1ccccc1I)c1cc2ccccc2c(Cl)n1. The van der Waals surface area contributed by atoms with Crippen LogP contribution in [0.2, 0.25) is 5.15 Å². The normalized spacial score (nSPS) is 10.6. The van der Waals surface area contributed by atoms with Crippen LogP contribution in [-0.2, 0) is 0 Å². The van der Waals surface area contributed by atoms with E-state index >= 15 is 0 Å². The van der Waals surface area contributed by atoms with Crippen LogP contribution in [0.25, 0.3) is 10.8 Å². The van der Waals surface area contributed by atoms with Crippen molar-refractivity contribution in [3.8, 4) is 0 Å². The lowest BCUT2D eigenvalue weighted by Gasteiger charge is -2.08. The fourth-order valence-corrected chi connectivity index (χ4v) is 2.81. The van der Waals surface area contributed by atoms with E-state index in [4.69, 9.17) is 11.6 Å². The number of aromatic nitrogens is 1. The molecular weight excluding hydrogens is 399 g/mol. The molecule has 0 radical (unpaired) electrons. The van der Waals surface area contributed by atoms with Crippen molar-refractivity contribution in [2.75, 3.05) is 5.32 Å². The minimum atomic E-state index is -0.272. The van der Waals surface area contributed by atoms with Gasteiger partial charge in [0, 0.05) is 8.96 Å². The van der Waals surface area contributed by atoms with E-state index < -0.39 is 0 Å². The van der Waals surface area contributed by atoms with Crippen molar-refractivity contribution >= 4 is 56.6 Å². The van der Waals surface area contributed by atoms with Crippen LogP contribution in [0.4, 0.5) is 5.69 Å². The van der Waals surface area contributed by atoms with E-state index in [1.807, 2.05) is 48.5 Å². The summed E-state index contributed by atoms with van der Waals surface area (Å²) < 4.78 is 0.968. The minimum Gasteiger partial charge on any atom is -0.320 e. The number of nitrogens with one attached hydrogen (secondary N) is 1. The topological polar surface area (TPSA) is 42.0 Å². The van der Waals surface area contributed by atoms with Crippen molar-refractivity contribution in [2.24, 2.45) is 0 Å². The molecule has 2 aromatic carbocycles. The summed E-state index contributed by atoms with van der Waals surface area (Å²) in [5.41, 5.74) is 1.06. The fraction of sp³-hybridized carbons (Fsp3) is 0. The molecular formula is C16H10ClIN2O. The van der Waals surface area contributed by atoms with Crippen LogP contribution in [0.1, 0.15) is 10.5 Å². The molecule has 0 unspecified atom stereocenters. The molecule has 0 saturated carbocycles. The third kappa shape index (κ3) is 3.01. The van der Waals surface area contributed by atoms with Crippen LogP contribution in [0, 0.1) is 3.57 Å². The molecule has 0 aliphatic heterocycles. The fourth-order valence-electron chi connectivity index (χ4n) is 2.02. The molecule has 3 nitrogen and oxygen atoms in total. The first kappa shape index (κ1) is 14.3. The van der Waals surface area contributed by atoms with E-state index in [1.54, 1.807) is 6.07 Å². The largest absolute Gasteiger partial charge is 0.320 e. The molecule has 0 atom stereocenters. The molecule has 1 N–H and O–H groups in total. The first-order chi connectivity index (χ1) is 10.1. The van der Waals surface area contributed by atoms with Crippen LogP contribution >= 0.6 is 34.2 Å². The van der Waals surface area contributed by atoms with Gasteiger partial charge in [-0.2, -0.15) is 0 Å². The molecule has 0 fully saturated rings. The molecule has 21 heavy (non-hydrogen) atoms. The van der Waals surface area contributed by atoms with Gasteiger partial charge in [0.1, 0.15) is 10.8 Å². The Morgan fingerprint density at radius 2 is 1.81 bits per heavy atom. The number of amides is 1. The monoisotopic (exact) mass is 408 g/mol. The van der Waals surface area contributed by atoms with E-state index in [9.17, 15) is 4.79 Å². The van der Waals surface area contributed by atoms with Crippen LogP contribution in [-0.4, -0.2) is 10.9 Å². The third-order valence-electron chi connectivity index (χ3n) is 3.05. The zero-order chi connectivity index (χ0) is 14.8. The average molecular weight is 409 g/mol. The summed E-state index contributed by atoms with van der Waals surface area (Å²) in [6, 6.07) is 16.9. The molecule has 0 saturated heterocycles. The highest BCUT2D eigenvalue weighted by Crippen LogP contribution is 2.23. The first-order valence-corrected chi connectivity index (χ1v) is 7.72. The molecule has 0 aliphatic rings. The predicted molar refractivity (Wildman–Crippen MR) is 93.9 cm³/mol. The maximum absolute atomic E-state index is 12.3. The summed E-state index contributed by atoms with van der Waals surface area (Å²) in [4.78, 5) is 16.5. The number of hydrogen-bond donors (Lipinski definition) is 1. The van der Waals surface area contributed by atoms with E-state index in [2.05, 4.69) is 32.9 Å². The van der Waals surface area contributed by atoms with Gasteiger partial charge in [-0.05, 0) is 46.2 Å². The highest BCUT2D eigenvalue weighted by atomic mass is 127. The number of para-hydroxylation sites is 1. The highest BCUT2D eigenvalue weighted by molar-refractivity contribution is 14.1. The number of halogens is 2. The number of anilines is 1. The predicted octanol–water partition coefficient (Wildman–Crippen LogP) is 4.75. The number of carbonyl (C=O) groups is 1. The quantitative estimate of drug-likeness (QED) is 0.491. The van der Waals surface area contributed by atoms with Gasteiger partial charge in [-0.25, -0.2) is 4.98 Å². The second-order valence-corrected chi connectivity index (χ2v) is 5.97. The standard InChI is InChI=1S/C16H10ClIN2O/c17-15-11-6-2-1-5-10(11)9-14(19-15)16(21)20-13-8-4-3-7-12(13)18/h1-9H,(H,20,21). The number of benzene rings is 2. The molecule has 104 valence electrons. The van der Waals surface area contributed by atoms with Crippen molar-refractivity contribution in [1.82, 2.24) is 4.98 Å². The third-order valence-corrected chi connectivity index (χ3v) is 4.28. The lowest BCUT2D eigenvalue weighted by Crippen LogP contribution is -2.14. The van der Waals surface area contributed by atoms with Crippen LogP contribution in [0.5, 0.6) is 0 Å². The Morgan fingerprint density at radius 3 is 2.62 bits per heavy atom. The van der Waals surface area contributed by atoms with E-state index in [1.165, 1.54) is 0 Å². The van der Waals surface area contributed by atoms with Gasteiger partial charge < -0.3 is 5.32 Å². The lowest BCUT2D eigenvalue weighted by atomic mass is 10.1. The molecule has 0 spiro atoms. The van der Waals surface area contributed by atoms with Crippen LogP contribution in [0.3, 0.4) is 0 Å². The summed E-state index contributed by atoms with van der Waals surface area (Å²) in [6.45, 7) is 0. The summed E-state index contributed by atoms with van der Waals surface area (Å²) >= 11 is 8.32. The van der Waals surface area contributed by atoms with Gasteiger partial charge in [0.15, 0.2) is 0 Å². The van der Waals surface area contributed by atoms with Gasteiger partial charge in [0.25, 0.3) is 5.91 Å². The van der Waals surface area contributed by atoms with Crippen molar-refractivity contribution in [3.63, 3.8) is 0 Å². The smallest absolute Gasteiger partial charge is 0.274 e. The van der Waals surface area contributed by atoms with Gasteiger partial charge >= 0.3 is 0 Å². The molecule has 1 aromatic heterocycles. The van der Waals surface area contributed by atoms with Crippen molar-refractivity contribution in [3.05, 3.63) is 69.0 Å². The van der Waals surface area contributed by atoms with Crippen molar-refractivity contribution in [1.29, 1.82) is 0 Å². The summed E-state index contributed by atoms with van der Waals surface area (Å²) in [6.07, 6.45) is 0. The molecule has 0 bridgehead atoms.